The molecule has 1 unspecified atom stereocenters. The Bertz CT molecular complexity index is 877. The van der Waals surface area contributed by atoms with E-state index in [1.807, 2.05) is 31.2 Å². The molecule has 3 aromatic rings. The van der Waals surface area contributed by atoms with Gasteiger partial charge in [-0.05, 0) is 55.4 Å². The molecular weight excluding hydrogens is 325 g/mol. The first kappa shape index (κ1) is 16.6. The molecule has 0 aliphatic heterocycles. The number of nitrogens with one attached hydrogen (secondary N) is 1. The number of anilines is 1. The molecule has 25 heavy (non-hydrogen) atoms. The van der Waals surface area contributed by atoms with E-state index >= 15 is 0 Å². The molecule has 0 bridgehead atoms. The average Bonchev–Trinajstić information content (AvgIpc) is 3.05. The normalized spacial score (nSPS) is 11.8. The topological polar surface area (TPSA) is 77.2 Å². The minimum absolute atomic E-state index is 0.0519. The van der Waals surface area contributed by atoms with Gasteiger partial charge in [0, 0.05) is 5.56 Å². The van der Waals surface area contributed by atoms with Crippen LogP contribution in [0.5, 0.6) is 5.75 Å². The van der Waals surface area contributed by atoms with Gasteiger partial charge in [-0.15, -0.1) is 0 Å². The minimum Gasteiger partial charge on any atom is -0.481 e. The van der Waals surface area contributed by atoms with Crippen LogP contribution in [0.4, 0.5) is 10.3 Å². The van der Waals surface area contributed by atoms with E-state index in [0.717, 1.165) is 11.1 Å². The van der Waals surface area contributed by atoms with Gasteiger partial charge >= 0.3 is 0 Å². The van der Waals surface area contributed by atoms with Crippen molar-refractivity contribution < 1.29 is 18.4 Å². The monoisotopic (exact) mass is 341 g/mol. The molecule has 0 saturated heterocycles. The van der Waals surface area contributed by atoms with E-state index in [-0.39, 0.29) is 11.8 Å². The quantitative estimate of drug-likeness (QED) is 0.767. The summed E-state index contributed by atoms with van der Waals surface area (Å²) in [5, 5.41) is 6.26. The van der Waals surface area contributed by atoms with Crippen LogP contribution in [0, 0.1) is 12.7 Å². The summed E-state index contributed by atoms with van der Waals surface area (Å²) in [7, 11) is 0. The van der Waals surface area contributed by atoms with Crippen LogP contribution in [0.3, 0.4) is 0 Å². The highest BCUT2D eigenvalue weighted by molar-refractivity contribution is 5.92. The van der Waals surface area contributed by atoms with E-state index < -0.39 is 12.0 Å². The standard InChI is InChI=1S/C18H16FN3O3/c1-11-4-3-5-13(10-11)17-21-18(22-25-17)20-16(23)12(2)24-15-8-6-14(19)7-9-15/h3-10,12H,1-2H3,(H,20,22,23). The number of ether oxygens (including phenoxy) is 1. The number of halogens is 1. The molecule has 2 aromatic carbocycles. The molecule has 0 saturated carbocycles. The molecule has 6 nitrogen and oxygen atoms in total. The lowest BCUT2D eigenvalue weighted by Gasteiger charge is -2.13. The first-order valence-corrected chi connectivity index (χ1v) is 7.65. The van der Waals surface area contributed by atoms with E-state index in [1.54, 1.807) is 6.92 Å². The summed E-state index contributed by atoms with van der Waals surface area (Å²) >= 11 is 0. The van der Waals surface area contributed by atoms with Crippen LogP contribution >= 0.6 is 0 Å². The summed E-state index contributed by atoms with van der Waals surface area (Å²) in [6, 6.07) is 13.0. The Labute approximate surface area is 143 Å². The molecule has 1 N–H and O–H groups in total. The third-order valence-electron chi connectivity index (χ3n) is 3.42. The number of carbonyl (C=O) groups is 1. The lowest BCUT2D eigenvalue weighted by Crippen LogP contribution is -2.30. The smallest absolute Gasteiger partial charge is 0.270 e. The van der Waals surface area contributed by atoms with Gasteiger partial charge in [-0.2, -0.15) is 4.98 Å². The van der Waals surface area contributed by atoms with E-state index in [4.69, 9.17) is 9.26 Å². The van der Waals surface area contributed by atoms with Crippen molar-refractivity contribution in [1.82, 2.24) is 10.1 Å². The molecular formula is C18H16FN3O3. The first-order chi connectivity index (χ1) is 12.0. The van der Waals surface area contributed by atoms with Gasteiger partial charge in [0.15, 0.2) is 6.10 Å². The van der Waals surface area contributed by atoms with E-state index in [2.05, 4.69) is 15.5 Å². The Hall–Kier alpha value is -3.22. The second-order valence-electron chi connectivity index (χ2n) is 5.50. The number of aromatic nitrogens is 2. The predicted molar refractivity (Wildman–Crippen MR) is 89.6 cm³/mol. The van der Waals surface area contributed by atoms with Crippen LogP contribution in [0.2, 0.25) is 0 Å². The molecule has 1 atom stereocenters. The van der Waals surface area contributed by atoms with Crippen LogP contribution in [0.1, 0.15) is 12.5 Å². The predicted octanol–water partition coefficient (Wildman–Crippen LogP) is 3.59. The highest BCUT2D eigenvalue weighted by atomic mass is 19.1. The summed E-state index contributed by atoms with van der Waals surface area (Å²) in [4.78, 5) is 16.3. The van der Waals surface area contributed by atoms with Crippen molar-refractivity contribution in [2.45, 2.75) is 20.0 Å². The zero-order chi connectivity index (χ0) is 17.8. The maximum Gasteiger partial charge on any atom is 0.270 e. The van der Waals surface area contributed by atoms with Crippen molar-refractivity contribution in [3.8, 4) is 17.2 Å². The third-order valence-corrected chi connectivity index (χ3v) is 3.42. The number of carbonyl (C=O) groups excluding carboxylic acids is 1. The Morgan fingerprint density at radius 3 is 2.72 bits per heavy atom. The largest absolute Gasteiger partial charge is 0.481 e. The Morgan fingerprint density at radius 2 is 2.00 bits per heavy atom. The van der Waals surface area contributed by atoms with Crippen LogP contribution in [0.25, 0.3) is 11.5 Å². The number of amides is 1. The van der Waals surface area contributed by atoms with E-state index in [0.29, 0.717) is 11.6 Å². The summed E-state index contributed by atoms with van der Waals surface area (Å²) in [5.74, 6) is -0.0689. The van der Waals surface area contributed by atoms with Gasteiger partial charge in [0.25, 0.3) is 17.7 Å². The summed E-state index contributed by atoms with van der Waals surface area (Å²) < 4.78 is 23.5. The molecule has 1 aromatic heterocycles. The van der Waals surface area contributed by atoms with E-state index in [1.165, 1.54) is 24.3 Å². The van der Waals surface area contributed by atoms with Crippen molar-refractivity contribution in [1.29, 1.82) is 0 Å². The highest BCUT2D eigenvalue weighted by Gasteiger charge is 2.18. The maximum atomic E-state index is 12.9. The molecule has 0 spiro atoms. The molecule has 128 valence electrons. The molecule has 3 rings (SSSR count). The Kier molecular flexibility index (Phi) is 4.74. The number of nitrogens with zero attached hydrogens (tertiary/aromatic N) is 2. The minimum atomic E-state index is -0.814. The molecule has 0 fully saturated rings. The van der Waals surface area contributed by atoms with Crippen molar-refractivity contribution >= 4 is 11.9 Å². The van der Waals surface area contributed by atoms with Gasteiger partial charge in [0.1, 0.15) is 11.6 Å². The van der Waals surface area contributed by atoms with Crippen molar-refractivity contribution in [3.05, 3.63) is 59.9 Å². The van der Waals surface area contributed by atoms with Gasteiger partial charge in [-0.1, -0.05) is 17.7 Å². The molecule has 1 amide bonds. The third kappa shape index (κ3) is 4.20. The zero-order valence-corrected chi connectivity index (χ0v) is 13.7. The van der Waals surface area contributed by atoms with Crippen molar-refractivity contribution in [3.63, 3.8) is 0 Å². The second-order valence-corrected chi connectivity index (χ2v) is 5.50. The number of rotatable bonds is 5. The highest BCUT2D eigenvalue weighted by Crippen LogP contribution is 2.20. The number of aryl methyl sites for hydroxylation is 1. The van der Waals surface area contributed by atoms with Gasteiger partial charge < -0.3 is 9.26 Å². The molecule has 7 heteroatoms. The number of hydrogen-bond donors (Lipinski definition) is 1. The molecule has 0 radical (unpaired) electrons. The summed E-state index contributed by atoms with van der Waals surface area (Å²) in [5.41, 5.74) is 1.83. The fourth-order valence-corrected chi connectivity index (χ4v) is 2.15. The van der Waals surface area contributed by atoms with Crippen LogP contribution < -0.4 is 10.1 Å². The average molecular weight is 341 g/mol. The van der Waals surface area contributed by atoms with Crippen LogP contribution in [0.15, 0.2) is 53.1 Å². The van der Waals surface area contributed by atoms with Crippen molar-refractivity contribution in [2.75, 3.05) is 5.32 Å². The molecule has 0 aliphatic rings. The maximum absolute atomic E-state index is 12.9. The van der Waals surface area contributed by atoms with Crippen LogP contribution in [-0.2, 0) is 4.79 Å². The Balaban J connectivity index is 1.64. The van der Waals surface area contributed by atoms with E-state index in [9.17, 15) is 9.18 Å². The first-order valence-electron chi connectivity index (χ1n) is 7.65. The summed E-state index contributed by atoms with van der Waals surface area (Å²) in [6.07, 6.45) is -0.814. The fraction of sp³-hybridized carbons (Fsp3) is 0.167. The summed E-state index contributed by atoms with van der Waals surface area (Å²) in [6.45, 7) is 3.53. The van der Waals surface area contributed by atoms with Gasteiger partial charge in [0.2, 0.25) is 0 Å². The SMILES string of the molecule is Cc1cccc(-c2nc(NC(=O)C(C)Oc3ccc(F)cc3)no2)c1. The molecule has 0 aliphatic carbocycles. The number of benzene rings is 2. The molecule has 1 heterocycles. The Morgan fingerprint density at radius 1 is 1.24 bits per heavy atom. The lowest BCUT2D eigenvalue weighted by atomic mass is 10.1. The van der Waals surface area contributed by atoms with Gasteiger partial charge in [-0.25, -0.2) is 4.39 Å². The van der Waals surface area contributed by atoms with Gasteiger partial charge in [-0.3, -0.25) is 10.1 Å². The second kappa shape index (κ2) is 7.12. The zero-order valence-electron chi connectivity index (χ0n) is 13.7. The van der Waals surface area contributed by atoms with Crippen LogP contribution in [-0.4, -0.2) is 22.2 Å². The number of hydrogen-bond acceptors (Lipinski definition) is 5. The van der Waals surface area contributed by atoms with Crippen molar-refractivity contribution in [2.24, 2.45) is 0 Å². The van der Waals surface area contributed by atoms with Gasteiger partial charge in [0.05, 0.1) is 0 Å². The fourth-order valence-electron chi connectivity index (χ4n) is 2.15. The lowest BCUT2D eigenvalue weighted by molar-refractivity contribution is -0.122.